The molecule has 1 aliphatic carbocycles. The summed E-state index contributed by atoms with van der Waals surface area (Å²) in [6, 6.07) is 11.6. The molecule has 2 aromatic rings. The van der Waals surface area contributed by atoms with Gasteiger partial charge < -0.3 is 14.8 Å². The lowest BCUT2D eigenvalue weighted by Crippen LogP contribution is -2.50. The van der Waals surface area contributed by atoms with E-state index in [0.717, 1.165) is 42.5 Å². The van der Waals surface area contributed by atoms with Crippen molar-refractivity contribution >= 4 is 23.2 Å². The quantitative estimate of drug-likeness (QED) is 0.908. The van der Waals surface area contributed by atoms with Gasteiger partial charge in [-0.1, -0.05) is 29.3 Å². The molecule has 1 saturated heterocycles. The smallest absolute Gasteiger partial charge is 0.163 e. The Labute approximate surface area is 145 Å². The third-order valence-corrected chi connectivity index (χ3v) is 4.77. The van der Waals surface area contributed by atoms with E-state index < -0.39 is 0 Å². The summed E-state index contributed by atoms with van der Waals surface area (Å²) in [5, 5.41) is 4.62. The number of fused-ring (bicyclic) bond motifs is 1. The topological polar surface area (TPSA) is 30.5 Å². The molecule has 2 aromatic carbocycles. The van der Waals surface area contributed by atoms with Crippen molar-refractivity contribution in [3.05, 3.63) is 57.6 Å². The maximum atomic E-state index is 6.21. The van der Waals surface area contributed by atoms with Gasteiger partial charge in [0.25, 0.3) is 0 Å². The van der Waals surface area contributed by atoms with Crippen LogP contribution < -0.4 is 14.8 Å². The molecule has 120 valence electrons. The van der Waals surface area contributed by atoms with Gasteiger partial charge in [-0.05, 0) is 35.4 Å². The molecule has 1 heterocycles. The number of ether oxygens (including phenoxy) is 2. The predicted octanol–water partition coefficient (Wildman–Crippen LogP) is 3.89. The lowest BCUT2D eigenvalue weighted by atomic mass is 10.1. The van der Waals surface area contributed by atoms with Gasteiger partial charge in [-0.2, -0.15) is 0 Å². The van der Waals surface area contributed by atoms with E-state index >= 15 is 0 Å². The largest absolute Gasteiger partial charge is 0.486 e. The first-order chi connectivity index (χ1) is 11.2. The molecule has 0 aromatic heterocycles. The second-order valence-electron chi connectivity index (χ2n) is 6.05. The van der Waals surface area contributed by atoms with Crippen LogP contribution in [0.3, 0.4) is 0 Å². The van der Waals surface area contributed by atoms with Crippen molar-refractivity contribution in [2.24, 2.45) is 0 Å². The highest BCUT2D eigenvalue weighted by Crippen LogP contribution is 2.35. The van der Waals surface area contributed by atoms with E-state index in [0.29, 0.717) is 5.02 Å². The van der Waals surface area contributed by atoms with Crippen LogP contribution in [-0.2, 0) is 12.8 Å². The van der Waals surface area contributed by atoms with Crippen LogP contribution in [-0.4, -0.2) is 25.3 Å². The second-order valence-corrected chi connectivity index (χ2v) is 6.92. The van der Waals surface area contributed by atoms with E-state index in [9.17, 15) is 0 Å². The summed E-state index contributed by atoms with van der Waals surface area (Å²) in [4.78, 5) is 0. The van der Waals surface area contributed by atoms with E-state index in [1.165, 1.54) is 11.1 Å². The Kier molecular flexibility index (Phi) is 4.10. The third kappa shape index (κ3) is 3.27. The monoisotopic (exact) mass is 349 g/mol. The molecular weight excluding hydrogens is 333 g/mol. The molecule has 1 atom stereocenters. The molecule has 5 heteroatoms. The second kappa shape index (κ2) is 6.23. The number of hydrogen-bond acceptors (Lipinski definition) is 3. The van der Waals surface area contributed by atoms with Crippen LogP contribution in [0, 0.1) is 0 Å². The fourth-order valence-electron chi connectivity index (χ4n) is 3.01. The van der Waals surface area contributed by atoms with Gasteiger partial charge in [-0.25, -0.2) is 0 Å². The molecule has 1 unspecified atom stereocenters. The van der Waals surface area contributed by atoms with Gasteiger partial charge in [0.2, 0.25) is 0 Å². The third-order valence-electron chi connectivity index (χ3n) is 4.30. The average molecular weight is 350 g/mol. The molecule has 0 spiro atoms. The van der Waals surface area contributed by atoms with Crippen molar-refractivity contribution in [2.45, 2.75) is 25.0 Å². The first-order valence-corrected chi connectivity index (χ1v) is 8.54. The number of nitrogens with one attached hydrogen (secondary N) is 1. The highest BCUT2D eigenvalue weighted by molar-refractivity contribution is 6.31. The molecule has 0 radical (unpaired) electrons. The van der Waals surface area contributed by atoms with Crippen LogP contribution >= 0.6 is 23.2 Å². The first-order valence-electron chi connectivity index (χ1n) is 7.78. The van der Waals surface area contributed by atoms with E-state index in [1.54, 1.807) is 0 Å². The van der Waals surface area contributed by atoms with Crippen LogP contribution in [0.5, 0.6) is 11.5 Å². The zero-order valence-corrected chi connectivity index (χ0v) is 14.0. The van der Waals surface area contributed by atoms with Crippen molar-refractivity contribution in [3.63, 3.8) is 0 Å². The normalized spacial score (nSPS) is 20.0. The summed E-state index contributed by atoms with van der Waals surface area (Å²) < 4.78 is 12.2. The molecule has 1 N–H and O–H groups in total. The van der Waals surface area contributed by atoms with Gasteiger partial charge in [0, 0.05) is 42.0 Å². The van der Waals surface area contributed by atoms with Crippen molar-refractivity contribution in [3.8, 4) is 11.5 Å². The van der Waals surface area contributed by atoms with Crippen LogP contribution in [0.2, 0.25) is 10.0 Å². The molecular formula is C18H17Cl2NO2. The van der Waals surface area contributed by atoms with E-state index in [2.05, 4.69) is 11.4 Å². The highest BCUT2D eigenvalue weighted by Gasteiger charge is 2.25. The Morgan fingerprint density at radius 2 is 1.48 bits per heavy atom. The summed E-state index contributed by atoms with van der Waals surface area (Å²) in [7, 11) is 0. The van der Waals surface area contributed by atoms with Crippen LogP contribution in [0.4, 0.5) is 0 Å². The Morgan fingerprint density at radius 3 is 2.26 bits per heavy atom. The molecule has 2 aliphatic rings. The number of hydrogen-bond donors (Lipinski definition) is 1. The molecule has 4 rings (SSSR count). The zero-order valence-electron chi connectivity index (χ0n) is 12.5. The number of halogens is 2. The Hall–Kier alpha value is -1.42. The van der Waals surface area contributed by atoms with Crippen LogP contribution in [0.15, 0.2) is 36.4 Å². The van der Waals surface area contributed by atoms with Gasteiger partial charge in [-0.15, -0.1) is 0 Å². The van der Waals surface area contributed by atoms with Gasteiger partial charge in [0.05, 0.1) is 0 Å². The molecule has 23 heavy (non-hydrogen) atoms. The minimum absolute atomic E-state index is 0.103. The van der Waals surface area contributed by atoms with Crippen LogP contribution in [0.1, 0.15) is 11.1 Å². The lowest BCUT2D eigenvalue weighted by molar-refractivity contribution is 0.128. The van der Waals surface area contributed by atoms with E-state index in [1.807, 2.05) is 30.3 Å². The fraction of sp³-hybridized carbons (Fsp3) is 0.333. The number of rotatable bonds is 4. The van der Waals surface area contributed by atoms with Crippen molar-refractivity contribution in [1.82, 2.24) is 5.32 Å². The molecule has 1 aliphatic heterocycles. The average Bonchev–Trinajstić information content (AvgIpc) is 2.87. The van der Waals surface area contributed by atoms with Gasteiger partial charge >= 0.3 is 0 Å². The first kappa shape index (κ1) is 15.1. The molecule has 3 nitrogen and oxygen atoms in total. The van der Waals surface area contributed by atoms with Crippen molar-refractivity contribution in [1.29, 1.82) is 0 Å². The Bertz CT molecular complexity index is 731. The van der Waals surface area contributed by atoms with Gasteiger partial charge in [0.1, 0.15) is 12.2 Å². The van der Waals surface area contributed by atoms with Crippen molar-refractivity contribution < 1.29 is 9.47 Å². The summed E-state index contributed by atoms with van der Waals surface area (Å²) in [6.45, 7) is 1.72. The summed E-state index contributed by atoms with van der Waals surface area (Å²) in [5.74, 6) is 1.48. The van der Waals surface area contributed by atoms with E-state index in [-0.39, 0.29) is 12.2 Å². The van der Waals surface area contributed by atoms with E-state index in [4.69, 9.17) is 32.7 Å². The van der Waals surface area contributed by atoms with Gasteiger partial charge in [-0.3, -0.25) is 0 Å². The van der Waals surface area contributed by atoms with Crippen molar-refractivity contribution in [2.75, 3.05) is 13.1 Å². The molecule has 0 amide bonds. The Balaban J connectivity index is 1.51. The number of benzene rings is 2. The minimum Gasteiger partial charge on any atom is -0.486 e. The maximum Gasteiger partial charge on any atom is 0.163 e. The lowest BCUT2D eigenvalue weighted by Gasteiger charge is -2.29. The summed E-state index contributed by atoms with van der Waals surface area (Å²) >= 11 is 12.2. The Morgan fingerprint density at radius 1 is 0.783 bits per heavy atom. The SMILES string of the molecule is Clc1ccc2c(c1)CC(Oc1ccc(Cl)cc1OC1CNC1)C2. The van der Waals surface area contributed by atoms with Crippen LogP contribution in [0.25, 0.3) is 0 Å². The highest BCUT2D eigenvalue weighted by atomic mass is 35.5. The fourth-order valence-corrected chi connectivity index (χ4v) is 3.36. The minimum atomic E-state index is 0.103. The zero-order chi connectivity index (χ0) is 15.8. The predicted molar refractivity (Wildman–Crippen MR) is 92.0 cm³/mol. The molecule has 0 bridgehead atoms. The molecule has 0 saturated carbocycles. The summed E-state index contributed by atoms with van der Waals surface area (Å²) in [5.41, 5.74) is 2.57. The maximum absolute atomic E-state index is 6.21. The standard InChI is InChI=1S/C18H17Cl2NO2/c19-13-2-1-11-6-15(7-12(11)5-13)22-17-4-3-14(20)8-18(17)23-16-9-21-10-16/h1-5,8,15-16,21H,6-7,9-10H2. The summed E-state index contributed by atoms with van der Waals surface area (Å²) in [6.07, 6.45) is 2.05. The van der Waals surface area contributed by atoms with Gasteiger partial charge in [0.15, 0.2) is 11.5 Å². The molecule has 1 fully saturated rings.